The molecule has 2 unspecified atom stereocenters. The standard InChI is InChI=1S/C15H22BNO2/c1-9-6-7-12(17)8-13(9)16-18-14(4,5)15(19-16)10(2)11(15)3/h6-8,10-11H,17H2,1-5H3. The maximum absolute atomic E-state index is 6.34. The van der Waals surface area contributed by atoms with Crippen molar-refractivity contribution >= 4 is 18.3 Å². The van der Waals surface area contributed by atoms with Crippen molar-refractivity contribution in [1.29, 1.82) is 0 Å². The molecule has 2 fully saturated rings. The highest BCUT2D eigenvalue weighted by molar-refractivity contribution is 6.62. The lowest BCUT2D eigenvalue weighted by atomic mass is 9.76. The first-order valence-electron chi connectivity index (χ1n) is 7.01. The summed E-state index contributed by atoms with van der Waals surface area (Å²) >= 11 is 0. The highest BCUT2D eigenvalue weighted by Gasteiger charge is 2.74. The van der Waals surface area contributed by atoms with Crippen molar-refractivity contribution in [1.82, 2.24) is 0 Å². The van der Waals surface area contributed by atoms with Gasteiger partial charge in [-0.2, -0.15) is 0 Å². The van der Waals surface area contributed by atoms with Crippen molar-refractivity contribution in [2.24, 2.45) is 11.8 Å². The quantitative estimate of drug-likeness (QED) is 0.620. The van der Waals surface area contributed by atoms with Crippen LogP contribution in [0.2, 0.25) is 0 Å². The van der Waals surface area contributed by atoms with E-state index in [9.17, 15) is 0 Å². The number of hydrogen-bond acceptors (Lipinski definition) is 3. The summed E-state index contributed by atoms with van der Waals surface area (Å²) in [4.78, 5) is 0. The van der Waals surface area contributed by atoms with Crippen molar-refractivity contribution < 1.29 is 9.31 Å². The van der Waals surface area contributed by atoms with Crippen LogP contribution in [0.5, 0.6) is 0 Å². The van der Waals surface area contributed by atoms with Gasteiger partial charge in [-0.05, 0) is 50.2 Å². The summed E-state index contributed by atoms with van der Waals surface area (Å²) in [6.07, 6.45) is 0. The molecule has 3 nitrogen and oxygen atoms in total. The third-order valence-electron chi connectivity index (χ3n) is 5.20. The van der Waals surface area contributed by atoms with Crippen LogP contribution in [0.25, 0.3) is 0 Å². The molecule has 1 saturated heterocycles. The second-order valence-electron chi connectivity index (χ2n) is 6.56. The van der Waals surface area contributed by atoms with Crippen LogP contribution in [-0.2, 0) is 9.31 Å². The molecule has 2 aliphatic rings. The highest BCUT2D eigenvalue weighted by Crippen LogP contribution is 2.63. The van der Waals surface area contributed by atoms with Crippen LogP contribution in [0, 0.1) is 18.8 Å². The molecular formula is C15H22BNO2. The average Bonchev–Trinajstić information content (AvgIpc) is 2.74. The Kier molecular flexibility index (Phi) is 2.58. The van der Waals surface area contributed by atoms with Gasteiger partial charge < -0.3 is 15.0 Å². The van der Waals surface area contributed by atoms with E-state index >= 15 is 0 Å². The molecule has 0 amide bonds. The second-order valence-corrected chi connectivity index (χ2v) is 6.56. The summed E-state index contributed by atoms with van der Waals surface area (Å²) in [6, 6.07) is 5.90. The Labute approximate surface area is 115 Å². The van der Waals surface area contributed by atoms with E-state index in [1.807, 2.05) is 18.2 Å². The molecule has 1 aliphatic carbocycles. The summed E-state index contributed by atoms with van der Waals surface area (Å²) in [7, 11) is -0.300. The van der Waals surface area contributed by atoms with E-state index in [0.717, 1.165) is 16.7 Å². The van der Waals surface area contributed by atoms with Crippen LogP contribution >= 0.6 is 0 Å². The predicted molar refractivity (Wildman–Crippen MR) is 78.3 cm³/mol. The largest absolute Gasteiger partial charge is 0.495 e. The zero-order chi connectivity index (χ0) is 14.0. The fraction of sp³-hybridized carbons (Fsp3) is 0.600. The van der Waals surface area contributed by atoms with Gasteiger partial charge in [0.05, 0.1) is 11.2 Å². The van der Waals surface area contributed by atoms with Gasteiger partial charge in [-0.1, -0.05) is 25.5 Å². The van der Waals surface area contributed by atoms with E-state index in [4.69, 9.17) is 15.0 Å². The Balaban J connectivity index is 1.96. The Hall–Kier alpha value is -0.995. The molecule has 0 radical (unpaired) electrons. The van der Waals surface area contributed by atoms with Crippen molar-refractivity contribution in [3.63, 3.8) is 0 Å². The molecule has 3 rings (SSSR count). The molecule has 2 N–H and O–H groups in total. The van der Waals surface area contributed by atoms with Crippen LogP contribution in [0.15, 0.2) is 18.2 Å². The first-order valence-corrected chi connectivity index (χ1v) is 7.01. The zero-order valence-corrected chi connectivity index (χ0v) is 12.4. The van der Waals surface area contributed by atoms with Crippen molar-refractivity contribution in [2.75, 3.05) is 5.73 Å². The van der Waals surface area contributed by atoms with Gasteiger partial charge in [0.25, 0.3) is 0 Å². The molecule has 1 aromatic rings. The SMILES string of the molecule is Cc1ccc(N)cc1B1OC(C)(C)C2(O1)C(C)C2C. The van der Waals surface area contributed by atoms with Gasteiger partial charge in [-0.15, -0.1) is 0 Å². The number of aryl methyl sites for hydroxylation is 1. The Morgan fingerprint density at radius 2 is 1.79 bits per heavy atom. The van der Waals surface area contributed by atoms with Gasteiger partial charge in [0.15, 0.2) is 0 Å². The third kappa shape index (κ3) is 1.59. The number of anilines is 1. The Bertz CT molecular complexity index is 521. The van der Waals surface area contributed by atoms with Gasteiger partial charge in [0.1, 0.15) is 0 Å². The predicted octanol–water partition coefficient (Wildman–Crippen LogP) is 2.12. The molecule has 1 saturated carbocycles. The van der Waals surface area contributed by atoms with Crippen LogP contribution in [-0.4, -0.2) is 18.3 Å². The van der Waals surface area contributed by atoms with E-state index in [1.165, 1.54) is 0 Å². The number of rotatable bonds is 1. The molecule has 1 spiro atoms. The first kappa shape index (κ1) is 13.0. The molecule has 2 atom stereocenters. The maximum Gasteiger partial charge on any atom is 0.495 e. The molecule has 1 aliphatic heterocycles. The van der Waals surface area contributed by atoms with Crippen molar-refractivity contribution in [3.8, 4) is 0 Å². The summed E-state index contributed by atoms with van der Waals surface area (Å²) < 4.78 is 12.6. The van der Waals surface area contributed by atoms with Crippen molar-refractivity contribution in [3.05, 3.63) is 23.8 Å². The molecule has 102 valence electrons. The number of nitrogens with two attached hydrogens (primary N) is 1. The van der Waals surface area contributed by atoms with Gasteiger partial charge in [0.2, 0.25) is 0 Å². The maximum atomic E-state index is 6.34. The summed E-state index contributed by atoms with van der Waals surface area (Å²) in [5.41, 5.74) is 8.45. The number of benzene rings is 1. The summed E-state index contributed by atoms with van der Waals surface area (Å²) in [5.74, 6) is 1.07. The van der Waals surface area contributed by atoms with E-state index in [1.54, 1.807) is 0 Å². The average molecular weight is 259 g/mol. The fourth-order valence-electron chi connectivity index (χ4n) is 3.79. The fourth-order valence-corrected chi connectivity index (χ4v) is 3.79. The minimum absolute atomic E-state index is 0.144. The monoisotopic (exact) mass is 259 g/mol. The van der Waals surface area contributed by atoms with E-state index in [2.05, 4.69) is 34.6 Å². The van der Waals surface area contributed by atoms with Crippen LogP contribution in [0.4, 0.5) is 5.69 Å². The topological polar surface area (TPSA) is 44.5 Å². The summed E-state index contributed by atoms with van der Waals surface area (Å²) in [5, 5.41) is 0. The molecule has 1 aromatic carbocycles. The zero-order valence-electron chi connectivity index (χ0n) is 12.4. The van der Waals surface area contributed by atoms with Gasteiger partial charge in [-0.3, -0.25) is 0 Å². The van der Waals surface area contributed by atoms with Gasteiger partial charge in [0, 0.05) is 5.69 Å². The molecule has 0 bridgehead atoms. The second kappa shape index (κ2) is 3.77. The van der Waals surface area contributed by atoms with E-state index < -0.39 is 0 Å². The Morgan fingerprint density at radius 1 is 1.16 bits per heavy atom. The lowest BCUT2D eigenvalue weighted by Gasteiger charge is -2.26. The summed E-state index contributed by atoms with van der Waals surface area (Å²) in [6.45, 7) is 10.8. The van der Waals surface area contributed by atoms with Gasteiger partial charge in [-0.25, -0.2) is 0 Å². The minimum atomic E-state index is -0.300. The molecular weight excluding hydrogens is 237 g/mol. The third-order valence-corrected chi connectivity index (χ3v) is 5.20. The lowest BCUT2D eigenvalue weighted by molar-refractivity contribution is 0.0365. The number of nitrogen functional groups attached to an aromatic ring is 1. The molecule has 1 heterocycles. The molecule has 4 heteroatoms. The molecule has 0 aromatic heterocycles. The van der Waals surface area contributed by atoms with E-state index in [-0.39, 0.29) is 18.3 Å². The van der Waals surface area contributed by atoms with Gasteiger partial charge >= 0.3 is 7.12 Å². The Morgan fingerprint density at radius 3 is 2.32 bits per heavy atom. The highest BCUT2D eigenvalue weighted by atomic mass is 16.7. The normalized spacial score (nSPS) is 35.9. The lowest BCUT2D eigenvalue weighted by Crippen LogP contribution is -2.38. The minimum Gasteiger partial charge on any atom is -0.399 e. The van der Waals surface area contributed by atoms with Crippen LogP contribution < -0.4 is 11.2 Å². The first-order chi connectivity index (χ1) is 8.79. The van der Waals surface area contributed by atoms with Crippen LogP contribution in [0.1, 0.15) is 33.3 Å². The van der Waals surface area contributed by atoms with Crippen molar-refractivity contribution in [2.45, 2.75) is 45.8 Å². The van der Waals surface area contributed by atoms with E-state index in [0.29, 0.717) is 11.8 Å². The smallest absolute Gasteiger partial charge is 0.399 e. The van der Waals surface area contributed by atoms with Crippen LogP contribution in [0.3, 0.4) is 0 Å². The molecule has 19 heavy (non-hydrogen) atoms. The number of hydrogen-bond donors (Lipinski definition) is 1.